The SMILES string of the molecule is CCCOc1cccc(NC(=O)C2(C)CCCCN2)c1.Cl. The number of anilines is 1. The molecule has 0 aromatic heterocycles. The van der Waals surface area contributed by atoms with E-state index < -0.39 is 5.54 Å². The zero-order valence-corrected chi connectivity index (χ0v) is 13.6. The number of nitrogens with one attached hydrogen (secondary N) is 2. The van der Waals surface area contributed by atoms with Gasteiger partial charge in [-0.3, -0.25) is 4.79 Å². The Kier molecular flexibility index (Phi) is 6.99. The fourth-order valence-electron chi connectivity index (χ4n) is 2.40. The van der Waals surface area contributed by atoms with Crippen LogP contribution in [0.3, 0.4) is 0 Å². The van der Waals surface area contributed by atoms with Crippen LogP contribution >= 0.6 is 12.4 Å². The molecule has 4 nitrogen and oxygen atoms in total. The third-order valence-corrected chi connectivity index (χ3v) is 3.68. The van der Waals surface area contributed by atoms with Gasteiger partial charge in [0, 0.05) is 11.8 Å². The van der Waals surface area contributed by atoms with Crippen molar-refractivity contribution in [1.82, 2.24) is 5.32 Å². The first-order valence-corrected chi connectivity index (χ1v) is 7.43. The zero-order chi connectivity index (χ0) is 14.4. The van der Waals surface area contributed by atoms with Crippen LogP contribution in [-0.2, 0) is 4.79 Å². The summed E-state index contributed by atoms with van der Waals surface area (Å²) >= 11 is 0. The molecule has 1 saturated heterocycles. The van der Waals surface area contributed by atoms with E-state index in [1.165, 1.54) is 0 Å². The third-order valence-electron chi connectivity index (χ3n) is 3.68. The highest BCUT2D eigenvalue weighted by Crippen LogP contribution is 2.23. The van der Waals surface area contributed by atoms with Gasteiger partial charge in [0.25, 0.3) is 0 Å². The molecule has 1 aromatic carbocycles. The molecule has 1 atom stereocenters. The summed E-state index contributed by atoms with van der Waals surface area (Å²) in [5, 5.41) is 6.31. The highest BCUT2D eigenvalue weighted by Gasteiger charge is 2.34. The van der Waals surface area contributed by atoms with Gasteiger partial charge in [0.05, 0.1) is 12.1 Å². The van der Waals surface area contributed by atoms with E-state index in [1.54, 1.807) is 0 Å². The Hall–Kier alpha value is -1.26. The lowest BCUT2D eigenvalue weighted by molar-refractivity contribution is -0.122. The van der Waals surface area contributed by atoms with Crippen molar-refractivity contribution in [1.29, 1.82) is 0 Å². The van der Waals surface area contributed by atoms with Crippen LogP contribution in [0.2, 0.25) is 0 Å². The van der Waals surface area contributed by atoms with Crippen molar-refractivity contribution in [3.63, 3.8) is 0 Å². The summed E-state index contributed by atoms with van der Waals surface area (Å²) in [5.74, 6) is 0.830. The van der Waals surface area contributed by atoms with Crippen LogP contribution in [0.1, 0.15) is 39.5 Å². The molecule has 1 heterocycles. The molecule has 0 spiro atoms. The average molecular weight is 313 g/mol. The lowest BCUT2D eigenvalue weighted by Gasteiger charge is -2.33. The highest BCUT2D eigenvalue weighted by molar-refractivity contribution is 5.98. The molecule has 2 N–H and O–H groups in total. The molecule has 21 heavy (non-hydrogen) atoms. The lowest BCUT2D eigenvalue weighted by Crippen LogP contribution is -2.54. The molecule has 0 saturated carbocycles. The van der Waals surface area contributed by atoms with Gasteiger partial charge in [-0.05, 0) is 51.3 Å². The minimum Gasteiger partial charge on any atom is -0.494 e. The molecular formula is C16H25ClN2O2. The number of benzene rings is 1. The maximum atomic E-state index is 12.4. The second kappa shape index (κ2) is 8.25. The lowest BCUT2D eigenvalue weighted by atomic mass is 9.90. The smallest absolute Gasteiger partial charge is 0.244 e. The van der Waals surface area contributed by atoms with Gasteiger partial charge in [0.1, 0.15) is 5.75 Å². The molecule has 1 fully saturated rings. The molecule has 5 heteroatoms. The molecule has 1 unspecified atom stereocenters. The normalized spacial score (nSPS) is 21.2. The van der Waals surface area contributed by atoms with Crippen molar-refractivity contribution in [2.45, 2.75) is 45.1 Å². The van der Waals surface area contributed by atoms with Gasteiger partial charge in [-0.1, -0.05) is 13.0 Å². The van der Waals surface area contributed by atoms with Gasteiger partial charge in [0.2, 0.25) is 5.91 Å². The van der Waals surface area contributed by atoms with Crippen LogP contribution in [0.5, 0.6) is 5.75 Å². The highest BCUT2D eigenvalue weighted by atomic mass is 35.5. The van der Waals surface area contributed by atoms with Crippen LogP contribution in [0.4, 0.5) is 5.69 Å². The van der Waals surface area contributed by atoms with Crippen molar-refractivity contribution in [3.8, 4) is 5.75 Å². The third kappa shape index (κ3) is 4.90. The van der Waals surface area contributed by atoms with Gasteiger partial charge in [-0.15, -0.1) is 12.4 Å². The topological polar surface area (TPSA) is 50.4 Å². The molecule has 0 bridgehead atoms. The summed E-state index contributed by atoms with van der Waals surface area (Å²) in [6, 6.07) is 7.58. The second-order valence-corrected chi connectivity index (χ2v) is 5.55. The Morgan fingerprint density at radius 1 is 1.43 bits per heavy atom. The zero-order valence-electron chi connectivity index (χ0n) is 12.8. The predicted molar refractivity (Wildman–Crippen MR) is 88.4 cm³/mol. The largest absolute Gasteiger partial charge is 0.494 e. The van der Waals surface area contributed by atoms with Crippen molar-refractivity contribution < 1.29 is 9.53 Å². The number of carbonyl (C=O) groups excluding carboxylic acids is 1. The molecule has 0 radical (unpaired) electrons. The number of piperidine rings is 1. The van der Waals surface area contributed by atoms with Gasteiger partial charge in [-0.2, -0.15) is 0 Å². The van der Waals surface area contributed by atoms with E-state index in [9.17, 15) is 4.79 Å². The maximum absolute atomic E-state index is 12.4. The molecule has 2 rings (SSSR count). The van der Waals surface area contributed by atoms with E-state index in [-0.39, 0.29) is 18.3 Å². The van der Waals surface area contributed by atoms with Crippen LogP contribution < -0.4 is 15.4 Å². The molecule has 0 aliphatic carbocycles. The number of carbonyl (C=O) groups is 1. The quantitative estimate of drug-likeness (QED) is 0.876. The number of hydrogen-bond acceptors (Lipinski definition) is 3. The van der Waals surface area contributed by atoms with Crippen LogP contribution in [0, 0.1) is 0 Å². The minimum atomic E-state index is -0.460. The van der Waals surface area contributed by atoms with Crippen LogP contribution in [0.25, 0.3) is 0 Å². The Balaban J connectivity index is 0.00000220. The fraction of sp³-hybridized carbons (Fsp3) is 0.562. The molecular weight excluding hydrogens is 288 g/mol. The summed E-state index contributed by atoms with van der Waals surface area (Å²) in [7, 11) is 0. The van der Waals surface area contributed by atoms with E-state index in [0.717, 1.165) is 43.7 Å². The van der Waals surface area contributed by atoms with Crippen LogP contribution in [-0.4, -0.2) is 24.6 Å². The Labute approximate surface area is 133 Å². The first-order valence-electron chi connectivity index (χ1n) is 7.43. The van der Waals surface area contributed by atoms with E-state index in [2.05, 4.69) is 17.6 Å². The van der Waals surface area contributed by atoms with E-state index >= 15 is 0 Å². The number of halogens is 1. The van der Waals surface area contributed by atoms with Gasteiger partial charge >= 0.3 is 0 Å². The van der Waals surface area contributed by atoms with E-state index in [1.807, 2.05) is 31.2 Å². The van der Waals surface area contributed by atoms with Crippen LogP contribution in [0.15, 0.2) is 24.3 Å². The molecule has 1 aliphatic rings. The summed E-state index contributed by atoms with van der Waals surface area (Å²) in [4.78, 5) is 12.4. The van der Waals surface area contributed by atoms with E-state index in [0.29, 0.717) is 6.61 Å². The predicted octanol–water partition coefficient (Wildman–Crippen LogP) is 3.37. The first-order chi connectivity index (χ1) is 9.64. The Morgan fingerprint density at radius 2 is 2.24 bits per heavy atom. The van der Waals surface area contributed by atoms with Crippen molar-refractivity contribution >= 4 is 24.0 Å². The van der Waals surface area contributed by atoms with Gasteiger partial charge in [-0.25, -0.2) is 0 Å². The summed E-state index contributed by atoms with van der Waals surface area (Å²) in [5.41, 5.74) is 0.329. The second-order valence-electron chi connectivity index (χ2n) is 5.55. The Morgan fingerprint density at radius 3 is 2.90 bits per heavy atom. The van der Waals surface area contributed by atoms with E-state index in [4.69, 9.17) is 4.74 Å². The van der Waals surface area contributed by atoms with Crippen molar-refractivity contribution in [3.05, 3.63) is 24.3 Å². The Bertz CT molecular complexity index is 459. The summed E-state index contributed by atoms with van der Waals surface area (Å²) in [6.45, 7) is 5.64. The number of ether oxygens (including phenoxy) is 1. The molecule has 1 amide bonds. The first kappa shape index (κ1) is 17.8. The minimum absolute atomic E-state index is 0. The molecule has 1 aliphatic heterocycles. The summed E-state index contributed by atoms with van der Waals surface area (Å²) in [6.07, 6.45) is 4.09. The standard InChI is InChI=1S/C16H24N2O2.ClH/c1-3-11-20-14-8-6-7-13(12-14)18-15(19)16(2)9-4-5-10-17-16;/h6-8,12,17H,3-5,9-11H2,1-2H3,(H,18,19);1H. The van der Waals surface area contributed by atoms with Gasteiger partial charge < -0.3 is 15.4 Å². The number of rotatable bonds is 5. The number of hydrogen-bond donors (Lipinski definition) is 2. The monoisotopic (exact) mass is 312 g/mol. The summed E-state index contributed by atoms with van der Waals surface area (Å²) < 4.78 is 5.58. The fourth-order valence-corrected chi connectivity index (χ4v) is 2.40. The average Bonchev–Trinajstić information content (AvgIpc) is 2.46. The molecule has 118 valence electrons. The molecule has 1 aromatic rings. The number of amides is 1. The maximum Gasteiger partial charge on any atom is 0.244 e. The van der Waals surface area contributed by atoms with Crippen molar-refractivity contribution in [2.75, 3.05) is 18.5 Å². The van der Waals surface area contributed by atoms with Gasteiger partial charge in [0.15, 0.2) is 0 Å². The van der Waals surface area contributed by atoms with Crippen molar-refractivity contribution in [2.24, 2.45) is 0 Å².